The average molecular weight is 321 g/mol. The van der Waals surface area contributed by atoms with Crippen LogP contribution in [0.2, 0.25) is 0 Å². The van der Waals surface area contributed by atoms with Crippen molar-refractivity contribution < 1.29 is 26.7 Å². The highest BCUT2D eigenvalue weighted by Crippen LogP contribution is 2.10. The fraction of sp³-hybridized carbons (Fsp3) is 0.0714. The number of hydrogen-bond donors (Lipinski definition) is 1. The highest BCUT2D eigenvalue weighted by Gasteiger charge is 2.06. The molecule has 0 saturated carbocycles. The molecule has 0 bridgehead atoms. The van der Waals surface area contributed by atoms with Crippen LogP contribution in [0, 0.1) is 10.1 Å². The van der Waals surface area contributed by atoms with E-state index in [1.54, 1.807) is 29.1 Å². The first-order chi connectivity index (χ1) is 10.1. The number of nitrogens with one attached hydrogen (secondary N) is 1. The minimum atomic E-state index is -0.472. The third-order valence-electron chi connectivity index (χ3n) is 2.61. The van der Waals surface area contributed by atoms with E-state index in [1.165, 1.54) is 18.3 Å². The number of hydrogen-bond acceptors (Lipinski definition) is 4. The number of carbonyl (C=O) groups is 1. The molecular formula is C14H13ClN4O3. The molecule has 1 aromatic heterocycles. The molecule has 0 unspecified atom stereocenters. The maximum Gasteiger partial charge on any atom is 0.305 e. The number of pyridine rings is 1. The summed E-state index contributed by atoms with van der Waals surface area (Å²) in [6.45, 7) is 0.165. The van der Waals surface area contributed by atoms with Crippen molar-refractivity contribution in [2.75, 3.05) is 0 Å². The maximum absolute atomic E-state index is 11.6. The normalized spacial score (nSPS) is 10.0. The van der Waals surface area contributed by atoms with E-state index in [0.717, 1.165) is 0 Å². The molecule has 1 amide bonds. The van der Waals surface area contributed by atoms with Gasteiger partial charge in [-0.2, -0.15) is 9.67 Å². The van der Waals surface area contributed by atoms with Crippen LogP contribution in [0.5, 0.6) is 0 Å². The molecule has 2 rings (SSSR count). The smallest absolute Gasteiger partial charge is 0.305 e. The molecule has 0 fully saturated rings. The lowest BCUT2D eigenvalue weighted by Gasteiger charge is -1.96. The van der Waals surface area contributed by atoms with Crippen LogP contribution in [-0.4, -0.2) is 17.0 Å². The molecule has 0 aliphatic rings. The van der Waals surface area contributed by atoms with Crippen LogP contribution in [0.15, 0.2) is 60.0 Å². The van der Waals surface area contributed by atoms with Crippen molar-refractivity contribution in [3.63, 3.8) is 0 Å². The van der Waals surface area contributed by atoms with Gasteiger partial charge in [-0.25, -0.2) is 5.43 Å². The zero-order valence-electron chi connectivity index (χ0n) is 11.4. The summed E-state index contributed by atoms with van der Waals surface area (Å²) in [5.74, 6) is -0.260. The van der Waals surface area contributed by atoms with Gasteiger partial charge in [-0.1, -0.05) is 6.07 Å². The third kappa shape index (κ3) is 5.29. The summed E-state index contributed by atoms with van der Waals surface area (Å²) in [5, 5.41) is 14.3. The van der Waals surface area contributed by atoms with Crippen LogP contribution < -0.4 is 22.4 Å². The summed E-state index contributed by atoms with van der Waals surface area (Å²) >= 11 is 0. The first-order valence-corrected chi connectivity index (χ1v) is 6.15. The van der Waals surface area contributed by atoms with Gasteiger partial charge in [-0.15, -0.1) is 0 Å². The second-order valence-corrected chi connectivity index (χ2v) is 4.19. The number of nitrogens with zero attached hydrogens (tertiary/aromatic N) is 3. The van der Waals surface area contributed by atoms with Crippen LogP contribution in [0.3, 0.4) is 0 Å². The van der Waals surface area contributed by atoms with Crippen LogP contribution in [0.4, 0.5) is 5.69 Å². The summed E-state index contributed by atoms with van der Waals surface area (Å²) in [7, 11) is 0. The predicted octanol–water partition coefficient (Wildman–Crippen LogP) is -1.96. The highest BCUT2D eigenvalue weighted by atomic mass is 35.5. The van der Waals surface area contributed by atoms with Crippen LogP contribution in [-0.2, 0) is 11.3 Å². The molecule has 0 aliphatic carbocycles. The van der Waals surface area contributed by atoms with Crippen molar-refractivity contribution in [1.29, 1.82) is 0 Å². The van der Waals surface area contributed by atoms with Gasteiger partial charge in [-0.05, 0) is 17.7 Å². The monoisotopic (exact) mass is 320 g/mol. The van der Waals surface area contributed by atoms with E-state index in [-0.39, 0.29) is 30.5 Å². The Morgan fingerprint density at radius 2 is 1.86 bits per heavy atom. The van der Waals surface area contributed by atoms with Crippen LogP contribution >= 0.6 is 0 Å². The largest absolute Gasteiger partial charge is 1.00 e. The fourth-order valence-electron chi connectivity index (χ4n) is 1.60. The lowest BCUT2D eigenvalue weighted by atomic mass is 10.2. The van der Waals surface area contributed by atoms with Gasteiger partial charge in [0.2, 0.25) is 6.54 Å². The number of aromatic nitrogens is 1. The number of benzene rings is 1. The first kappa shape index (κ1) is 17.3. The Hall–Kier alpha value is -2.80. The minimum Gasteiger partial charge on any atom is -1.00 e. The van der Waals surface area contributed by atoms with Crippen molar-refractivity contribution in [3.8, 4) is 0 Å². The molecule has 0 aliphatic heterocycles. The van der Waals surface area contributed by atoms with Gasteiger partial charge in [0.15, 0.2) is 12.4 Å². The second-order valence-electron chi connectivity index (χ2n) is 4.19. The number of carbonyl (C=O) groups excluding carboxylic acids is 1. The number of nitro groups is 1. The van der Waals surface area contributed by atoms with Crippen LogP contribution in [0.25, 0.3) is 0 Å². The molecule has 1 aromatic carbocycles. The number of amides is 1. The molecule has 1 heterocycles. The van der Waals surface area contributed by atoms with E-state index in [4.69, 9.17) is 0 Å². The summed E-state index contributed by atoms with van der Waals surface area (Å²) in [6.07, 6.45) is 4.98. The fourth-order valence-corrected chi connectivity index (χ4v) is 1.60. The number of non-ortho nitro benzene ring substituents is 1. The summed E-state index contributed by atoms with van der Waals surface area (Å²) in [5.41, 5.74) is 3.06. The number of rotatable bonds is 5. The van der Waals surface area contributed by atoms with Gasteiger partial charge in [0.05, 0.1) is 11.1 Å². The first-order valence-electron chi connectivity index (χ1n) is 6.15. The van der Waals surface area contributed by atoms with Gasteiger partial charge >= 0.3 is 5.91 Å². The van der Waals surface area contributed by atoms with Gasteiger partial charge in [0, 0.05) is 24.3 Å². The maximum atomic E-state index is 11.6. The average Bonchev–Trinajstić information content (AvgIpc) is 2.49. The SMILES string of the molecule is O=C(C[n+]1ccccc1)N/N=C\c1ccc([N+](=O)[O-])cc1.[Cl-]. The third-order valence-corrected chi connectivity index (χ3v) is 2.61. The lowest BCUT2D eigenvalue weighted by Crippen LogP contribution is -3.00. The molecular weight excluding hydrogens is 308 g/mol. The zero-order valence-corrected chi connectivity index (χ0v) is 12.2. The Labute approximate surface area is 132 Å². The Balaban J connectivity index is 0.00000242. The van der Waals surface area contributed by atoms with Crippen molar-refractivity contribution in [2.24, 2.45) is 5.10 Å². The topological polar surface area (TPSA) is 88.5 Å². The van der Waals surface area contributed by atoms with E-state index in [2.05, 4.69) is 10.5 Å². The minimum absolute atomic E-state index is 0. The van der Waals surface area contributed by atoms with Gasteiger partial charge in [-0.3, -0.25) is 14.9 Å². The number of halogens is 1. The van der Waals surface area contributed by atoms with Crippen molar-refractivity contribution in [1.82, 2.24) is 5.43 Å². The number of nitro benzene ring substituents is 1. The molecule has 22 heavy (non-hydrogen) atoms. The van der Waals surface area contributed by atoms with E-state index < -0.39 is 4.92 Å². The summed E-state index contributed by atoms with van der Waals surface area (Å²) in [4.78, 5) is 21.6. The van der Waals surface area contributed by atoms with E-state index in [0.29, 0.717) is 5.56 Å². The van der Waals surface area contributed by atoms with Gasteiger partial charge in [0.25, 0.3) is 5.69 Å². The summed E-state index contributed by atoms with van der Waals surface area (Å²) < 4.78 is 1.72. The summed E-state index contributed by atoms with van der Waals surface area (Å²) in [6, 6.07) is 11.4. The second kappa shape index (κ2) is 8.48. The van der Waals surface area contributed by atoms with E-state index in [1.807, 2.05) is 18.2 Å². The zero-order chi connectivity index (χ0) is 15.1. The van der Waals surface area contributed by atoms with Gasteiger partial charge in [0.1, 0.15) is 0 Å². The molecule has 0 saturated heterocycles. The standard InChI is InChI=1S/C14H12N4O3.ClH/c19-14(11-17-8-2-1-3-9-17)16-15-10-12-4-6-13(7-5-12)18(20)21;/h1-10H,11H2;1H/b15-10-;. The predicted molar refractivity (Wildman–Crippen MR) is 75.5 cm³/mol. The lowest BCUT2D eigenvalue weighted by molar-refractivity contribution is -0.684. The van der Waals surface area contributed by atoms with Crippen LogP contribution in [0.1, 0.15) is 5.56 Å². The molecule has 1 N–H and O–H groups in total. The highest BCUT2D eigenvalue weighted by molar-refractivity contribution is 5.82. The van der Waals surface area contributed by atoms with Gasteiger partial charge < -0.3 is 12.4 Å². The quantitative estimate of drug-likeness (QED) is 0.300. The Morgan fingerprint density at radius 1 is 1.23 bits per heavy atom. The van der Waals surface area contributed by atoms with E-state index in [9.17, 15) is 14.9 Å². The molecule has 0 spiro atoms. The molecule has 8 heteroatoms. The Bertz CT molecular complexity index is 660. The molecule has 2 aromatic rings. The molecule has 0 atom stereocenters. The Kier molecular flexibility index (Phi) is 6.65. The van der Waals surface area contributed by atoms with Crippen molar-refractivity contribution in [2.45, 2.75) is 6.54 Å². The number of hydrazone groups is 1. The van der Waals surface area contributed by atoms with E-state index >= 15 is 0 Å². The van der Waals surface area contributed by atoms with Crippen molar-refractivity contribution in [3.05, 3.63) is 70.5 Å². The molecule has 0 radical (unpaired) electrons. The van der Waals surface area contributed by atoms with Crippen molar-refractivity contribution >= 4 is 17.8 Å². The Morgan fingerprint density at radius 3 is 2.45 bits per heavy atom. The molecule has 7 nitrogen and oxygen atoms in total. The molecule has 114 valence electrons.